The van der Waals surface area contributed by atoms with Crippen LogP contribution in [-0.4, -0.2) is 29.2 Å². The summed E-state index contributed by atoms with van der Waals surface area (Å²) >= 11 is 5.69. The van der Waals surface area contributed by atoms with Crippen LogP contribution in [0.1, 0.15) is 85.0 Å². The van der Waals surface area contributed by atoms with Gasteiger partial charge in [0.15, 0.2) is 0 Å². The Labute approximate surface area is 143 Å². The normalized spacial score (nSPS) is 13.0. The topological polar surface area (TPSA) is 32.3 Å². The Bertz CT molecular complexity index is 213. The van der Waals surface area contributed by atoms with E-state index in [2.05, 4.69) is 12.2 Å². The Hall–Kier alpha value is 0.500. The summed E-state index contributed by atoms with van der Waals surface area (Å²) in [5, 5.41) is 13.2. The van der Waals surface area contributed by atoms with Crippen molar-refractivity contribution in [2.45, 2.75) is 96.6 Å². The molecular weight excluding hydrogens is 305 g/mol. The molecular formula is C17H37Cl2NO. The van der Waals surface area contributed by atoms with Gasteiger partial charge in [-0.15, -0.1) is 24.0 Å². The van der Waals surface area contributed by atoms with Crippen LogP contribution in [0, 0.1) is 0 Å². The first kappa shape index (κ1) is 23.8. The summed E-state index contributed by atoms with van der Waals surface area (Å²) in [6, 6.07) is 0. The summed E-state index contributed by atoms with van der Waals surface area (Å²) in [5.41, 5.74) is -0.277. The van der Waals surface area contributed by atoms with Crippen molar-refractivity contribution in [1.82, 2.24) is 5.32 Å². The molecule has 0 aliphatic rings. The van der Waals surface area contributed by atoms with E-state index < -0.39 is 6.10 Å². The van der Waals surface area contributed by atoms with Crippen molar-refractivity contribution in [3.63, 3.8) is 0 Å². The van der Waals surface area contributed by atoms with Crippen molar-refractivity contribution in [2.24, 2.45) is 0 Å². The van der Waals surface area contributed by atoms with Gasteiger partial charge in [0.2, 0.25) is 0 Å². The van der Waals surface area contributed by atoms with Gasteiger partial charge in [0.1, 0.15) is 0 Å². The Morgan fingerprint density at radius 2 is 1.33 bits per heavy atom. The van der Waals surface area contributed by atoms with E-state index in [1.54, 1.807) is 0 Å². The second-order valence-electron chi connectivity index (χ2n) is 6.50. The molecule has 130 valence electrons. The van der Waals surface area contributed by atoms with Gasteiger partial charge in [0, 0.05) is 5.54 Å². The molecule has 0 aliphatic heterocycles. The second kappa shape index (κ2) is 15.4. The van der Waals surface area contributed by atoms with E-state index in [1.807, 2.05) is 13.8 Å². The van der Waals surface area contributed by atoms with Gasteiger partial charge in [0.05, 0.1) is 12.0 Å². The fourth-order valence-electron chi connectivity index (χ4n) is 2.33. The minimum absolute atomic E-state index is 0. The highest BCUT2D eigenvalue weighted by Gasteiger charge is 2.25. The van der Waals surface area contributed by atoms with Crippen LogP contribution in [0.15, 0.2) is 0 Å². The molecule has 0 aromatic heterocycles. The van der Waals surface area contributed by atoms with E-state index in [4.69, 9.17) is 11.6 Å². The molecule has 2 N–H and O–H groups in total. The molecule has 0 aromatic carbocycles. The maximum atomic E-state index is 9.75. The summed E-state index contributed by atoms with van der Waals surface area (Å²) < 4.78 is 0. The molecule has 2 nitrogen and oxygen atoms in total. The standard InChI is InChI=1S/C17H36ClNO.ClH/c1-4-5-6-7-8-9-10-11-12-13-14-19-17(2,3)16(20)15-18;/h16,19-20H,4-15H2,1-3H3;1H. The minimum atomic E-state index is -0.479. The van der Waals surface area contributed by atoms with E-state index in [0.29, 0.717) is 0 Å². The highest BCUT2D eigenvalue weighted by molar-refractivity contribution is 6.18. The predicted molar refractivity (Wildman–Crippen MR) is 97.9 cm³/mol. The van der Waals surface area contributed by atoms with E-state index in [0.717, 1.165) is 6.54 Å². The van der Waals surface area contributed by atoms with E-state index in [9.17, 15) is 5.11 Å². The molecule has 0 spiro atoms. The molecule has 0 aliphatic carbocycles. The zero-order valence-corrected chi connectivity index (χ0v) is 15.9. The number of aliphatic hydroxyl groups is 1. The van der Waals surface area contributed by atoms with Gasteiger partial charge >= 0.3 is 0 Å². The van der Waals surface area contributed by atoms with Gasteiger partial charge in [-0.1, -0.05) is 64.7 Å². The maximum Gasteiger partial charge on any atom is 0.0851 e. The molecule has 0 heterocycles. The average molecular weight is 342 g/mol. The SMILES string of the molecule is CCCCCCCCCCCCNC(C)(C)C(O)CCl.Cl. The quantitative estimate of drug-likeness (QED) is 0.332. The molecule has 0 bridgehead atoms. The zero-order valence-electron chi connectivity index (χ0n) is 14.3. The van der Waals surface area contributed by atoms with Crippen molar-refractivity contribution < 1.29 is 5.11 Å². The number of nitrogens with one attached hydrogen (secondary N) is 1. The van der Waals surface area contributed by atoms with E-state index >= 15 is 0 Å². The van der Waals surface area contributed by atoms with Gasteiger partial charge in [-0.25, -0.2) is 0 Å². The van der Waals surface area contributed by atoms with Crippen LogP contribution in [-0.2, 0) is 0 Å². The highest BCUT2D eigenvalue weighted by atomic mass is 35.5. The fourth-order valence-corrected chi connectivity index (χ4v) is 2.72. The van der Waals surface area contributed by atoms with E-state index in [-0.39, 0.29) is 23.8 Å². The zero-order chi connectivity index (χ0) is 15.3. The van der Waals surface area contributed by atoms with Crippen LogP contribution in [0.5, 0.6) is 0 Å². The largest absolute Gasteiger partial charge is 0.390 e. The first-order valence-corrected chi connectivity index (χ1v) is 9.07. The molecule has 0 saturated carbocycles. The van der Waals surface area contributed by atoms with Gasteiger partial charge in [-0.05, 0) is 26.8 Å². The molecule has 21 heavy (non-hydrogen) atoms. The molecule has 1 unspecified atom stereocenters. The number of hydrogen-bond donors (Lipinski definition) is 2. The van der Waals surface area contributed by atoms with Crippen LogP contribution < -0.4 is 5.32 Å². The summed E-state index contributed by atoms with van der Waals surface area (Å²) in [6.45, 7) is 7.26. The van der Waals surface area contributed by atoms with Crippen LogP contribution in [0.25, 0.3) is 0 Å². The lowest BCUT2D eigenvalue weighted by atomic mass is 9.98. The number of unbranched alkanes of at least 4 members (excludes halogenated alkanes) is 9. The van der Waals surface area contributed by atoms with Crippen molar-refractivity contribution in [2.75, 3.05) is 12.4 Å². The molecule has 0 amide bonds. The number of aliphatic hydroxyl groups excluding tert-OH is 1. The van der Waals surface area contributed by atoms with E-state index in [1.165, 1.54) is 64.2 Å². The maximum absolute atomic E-state index is 9.75. The van der Waals surface area contributed by atoms with Crippen LogP contribution in [0.3, 0.4) is 0 Å². The Morgan fingerprint density at radius 3 is 1.76 bits per heavy atom. The molecule has 0 saturated heterocycles. The summed E-state index contributed by atoms with van der Waals surface area (Å²) in [5.74, 6) is 0.290. The van der Waals surface area contributed by atoms with Crippen molar-refractivity contribution in [1.29, 1.82) is 0 Å². The first-order chi connectivity index (χ1) is 9.54. The molecule has 0 radical (unpaired) electrons. The van der Waals surface area contributed by atoms with Gasteiger partial charge in [-0.3, -0.25) is 0 Å². The van der Waals surface area contributed by atoms with Gasteiger partial charge < -0.3 is 10.4 Å². The molecule has 1 atom stereocenters. The van der Waals surface area contributed by atoms with Gasteiger partial charge in [-0.2, -0.15) is 0 Å². The molecule has 0 aromatic rings. The molecule has 0 rings (SSSR count). The Kier molecular flexibility index (Phi) is 17.4. The number of hydrogen-bond acceptors (Lipinski definition) is 2. The van der Waals surface area contributed by atoms with Crippen LogP contribution in [0.4, 0.5) is 0 Å². The monoisotopic (exact) mass is 341 g/mol. The lowest BCUT2D eigenvalue weighted by molar-refractivity contribution is 0.0995. The van der Waals surface area contributed by atoms with Crippen molar-refractivity contribution >= 4 is 24.0 Å². The molecule has 4 heteroatoms. The van der Waals surface area contributed by atoms with Crippen LogP contribution >= 0.6 is 24.0 Å². The number of rotatable bonds is 14. The fraction of sp³-hybridized carbons (Fsp3) is 1.00. The first-order valence-electron chi connectivity index (χ1n) is 8.53. The van der Waals surface area contributed by atoms with Crippen molar-refractivity contribution in [3.05, 3.63) is 0 Å². The molecule has 0 fully saturated rings. The second-order valence-corrected chi connectivity index (χ2v) is 6.81. The lowest BCUT2D eigenvalue weighted by Gasteiger charge is -2.30. The summed E-state index contributed by atoms with van der Waals surface area (Å²) in [6.07, 6.45) is 13.1. The smallest absolute Gasteiger partial charge is 0.0851 e. The van der Waals surface area contributed by atoms with Crippen molar-refractivity contribution in [3.8, 4) is 0 Å². The third-order valence-corrected chi connectivity index (χ3v) is 4.38. The predicted octanol–water partition coefficient (Wildman–Crippen LogP) is 5.30. The third kappa shape index (κ3) is 13.9. The minimum Gasteiger partial charge on any atom is -0.390 e. The third-order valence-electron chi connectivity index (χ3n) is 4.09. The van der Waals surface area contributed by atoms with Crippen LogP contribution in [0.2, 0.25) is 0 Å². The Morgan fingerprint density at radius 1 is 0.905 bits per heavy atom. The summed E-state index contributed by atoms with van der Waals surface area (Å²) in [7, 11) is 0. The average Bonchev–Trinajstić information content (AvgIpc) is 2.43. The Balaban J connectivity index is 0. The number of halogens is 2. The summed E-state index contributed by atoms with van der Waals surface area (Å²) in [4.78, 5) is 0. The number of alkyl halides is 1. The lowest BCUT2D eigenvalue weighted by Crippen LogP contribution is -2.50. The highest BCUT2D eigenvalue weighted by Crippen LogP contribution is 2.12. The van der Waals surface area contributed by atoms with Gasteiger partial charge in [0.25, 0.3) is 0 Å².